The van der Waals surface area contributed by atoms with Crippen LogP contribution < -0.4 is 29.1 Å². The number of fused-ring (bicyclic) bond motifs is 2. The number of para-hydroxylation sites is 1. The van der Waals surface area contributed by atoms with Crippen LogP contribution in [0.3, 0.4) is 0 Å². The van der Waals surface area contributed by atoms with Crippen molar-refractivity contribution in [2.45, 2.75) is 113 Å². The van der Waals surface area contributed by atoms with E-state index in [2.05, 4.69) is 72.8 Å². The van der Waals surface area contributed by atoms with Crippen LogP contribution in [0.25, 0.3) is 11.0 Å². The molecule has 77 heavy (non-hydrogen) atoms. The minimum atomic E-state index is -4.62. The van der Waals surface area contributed by atoms with Crippen molar-refractivity contribution in [3.05, 3.63) is 136 Å². The predicted octanol–water partition coefficient (Wildman–Crippen LogP) is 10.5. The molecule has 5 heterocycles. The highest BCUT2D eigenvalue weighted by Gasteiger charge is 2.51. The van der Waals surface area contributed by atoms with E-state index in [-0.39, 0.29) is 45.9 Å². The zero-order valence-corrected chi connectivity index (χ0v) is 44.2. The molecular weight excluding hydrogens is 1010 g/mol. The molecule has 17 nitrogen and oxygen atoms in total. The minimum Gasteiger partial charge on any atom is -0.455 e. The van der Waals surface area contributed by atoms with Crippen LogP contribution in [0.15, 0.2) is 108 Å². The number of amides is 1. The molecule has 5 aliphatic rings. The monoisotopic (exact) mass is 1070 g/mol. The number of piperidine rings is 1. The predicted molar refractivity (Wildman–Crippen MR) is 286 cm³/mol. The summed E-state index contributed by atoms with van der Waals surface area (Å²) >= 11 is 0. The second-order valence-corrected chi connectivity index (χ2v) is 24.0. The molecule has 6 aromatic rings. The van der Waals surface area contributed by atoms with Gasteiger partial charge in [0.1, 0.15) is 22.8 Å². The Bertz CT molecular complexity index is 3310. The summed E-state index contributed by atoms with van der Waals surface area (Å²) in [6.07, 6.45) is 6.27. The number of sulfonamides is 1. The maximum absolute atomic E-state index is 14.2. The number of H-pyrrole nitrogens is 1. The molecule has 1 atom stereocenters. The van der Waals surface area contributed by atoms with E-state index in [1.807, 2.05) is 12.1 Å². The summed E-state index contributed by atoms with van der Waals surface area (Å²) in [4.78, 5) is 40.0. The first-order valence-electron chi connectivity index (χ1n) is 26.6. The Kier molecular flexibility index (Phi) is 13.9. The van der Waals surface area contributed by atoms with Gasteiger partial charge in [0.25, 0.3) is 21.6 Å². The summed E-state index contributed by atoms with van der Waals surface area (Å²) in [7, 11) is -4.62. The number of nitrogens with one attached hydrogen (secondary N) is 3. The van der Waals surface area contributed by atoms with Gasteiger partial charge in [-0.1, -0.05) is 50.2 Å². The normalized spacial score (nSPS) is 22.5. The summed E-state index contributed by atoms with van der Waals surface area (Å²) in [5.74, 6) is 0.0923. The van der Waals surface area contributed by atoms with Gasteiger partial charge in [0.2, 0.25) is 0 Å². The smallest absolute Gasteiger partial charge is 0.455 e. The third-order valence-corrected chi connectivity index (χ3v) is 18.0. The molecular formula is C57H64F2N8O9S. The average molecular weight is 1080 g/mol. The number of benzene rings is 4. The first kappa shape index (κ1) is 52.2. The van der Waals surface area contributed by atoms with Gasteiger partial charge in [-0.05, 0) is 129 Å². The number of carbonyl (C=O) groups excluding carboxylic acids is 1. The Morgan fingerprint density at radius 3 is 2.51 bits per heavy atom. The fourth-order valence-electron chi connectivity index (χ4n) is 12.3. The number of pyridine rings is 1. The van der Waals surface area contributed by atoms with E-state index >= 15 is 0 Å². The van der Waals surface area contributed by atoms with E-state index in [1.165, 1.54) is 41.6 Å². The van der Waals surface area contributed by atoms with Crippen molar-refractivity contribution in [2.75, 3.05) is 49.5 Å². The van der Waals surface area contributed by atoms with Gasteiger partial charge >= 0.3 is 6.29 Å². The standard InChI is InChI=1S/C57H64F2N8O9S/c1-36(2)44-8-4-5-9-45(44)49-35-64(34-39-7-6-10-50-52(39)76-57(58,59)75-50)25-26-66(49)41-30-56(31-41)20-23-65(24-21-56)40-11-13-46(51(28-40)74-42-27-38-17-22-60-53(38)62-33-42)54(68)63-77(72,73)43-12-14-47(48(29-43)67(70)71)61-32-37-15-18-55(3,69)19-16-37/h4-14,17,22,27-29,33,36-37,41,49,61,69H,15-16,18-21,23-26,30-32,34-35H2,1-3H3,(H,60,62)(H,63,68). The van der Waals surface area contributed by atoms with Crippen molar-refractivity contribution in [3.63, 3.8) is 0 Å². The Hall–Kier alpha value is -6.87. The fourth-order valence-corrected chi connectivity index (χ4v) is 13.3. The first-order valence-corrected chi connectivity index (χ1v) is 28.0. The van der Waals surface area contributed by atoms with Crippen LogP contribution in [0.2, 0.25) is 0 Å². The third kappa shape index (κ3) is 11.0. The lowest BCUT2D eigenvalue weighted by Gasteiger charge is -2.58. The molecule has 2 aromatic heterocycles. The van der Waals surface area contributed by atoms with E-state index in [4.69, 9.17) is 14.2 Å². The van der Waals surface area contributed by atoms with Crippen molar-refractivity contribution in [1.29, 1.82) is 0 Å². The van der Waals surface area contributed by atoms with E-state index in [0.717, 1.165) is 88.4 Å². The molecule has 406 valence electrons. The Balaban J connectivity index is 0.780. The molecule has 3 aliphatic heterocycles. The number of halogens is 2. The molecule has 1 spiro atoms. The summed E-state index contributed by atoms with van der Waals surface area (Å²) < 4.78 is 74.3. The van der Waals surface area contributed by atoms with Crippen molar-refractivity contribution in [2.24, 2.45) is 11.3 Å². The Labute approximate surface area is 446 Å². The van der Waals surface area contributed by atoms with Crippen LogP contribution in [0.1, 0.15) is 111 Å². The number of alkyl halides is 2. The number of hydrogen-bond acceptors (Lipinski definition) is 14. The van der Waals surface area contributed by atoms with Crippen LogP contribution in [-0.4, -0.2) is 101 Å². The molecule has 0 bridgehead atoms. The lowest BCUT2D eigenvalue weighted by molar-refractivity contribution is -0.384. The van der Waals surface area contributed by atoms with Crippen molar-refractivity contribution >= 4 is 44.0 Å². The topological polar surface area (TPSA) is 205 Å². The highest BCUT2D eigenvalue weighted by Crippen LogP contribution is 2.54. The summed E-state index contributed by atoms with van der Waals surface area (Å²) in [6, 6.07) is 26.3. The van der Waals surface area contributed by atoms with Crippen LogP contribution in [0.5, 0.6) is 23.0 Å². The number of aliphatic hydroxyl groups is 1. The number of ether oxygens (including phenoxy) is 3. The minimum absolute atomic E-state index is 0.0523. The van der Waals surface area contributed by atoms with Gasteiger partial charge in [-0.25, -0.2) is 18.1 Å². The zero-order valence-electron chi connectivity index (χ0n) is 43.3. The van der Waals surface area contributed by atoms with Gasteiger partial charge in [-0.2, -0.15) is 0 Å². The molecule has 1 amide bonds. The number of nitro groups is 1. The maximum Gasteiger partial charge on any atom is 0.586 e. The van der Waals surface area contributed by atoms with E-state index in [0.29, 0.717) is 54.9 Å². The highest BCUT2D eigenvalue weighted by molar-refractivity contribution is 7.90. The molecule has 4 N–H and O–H groups in total. The molecule has 11 rings (SSSR count). The maximum atomic E-state index is 14.2. The SMILES string of the molecule is CC(C)c1ccccc1C1CN(Cc2cccc3c2OC(F)(F)O3)CCN1C1CC2(CCN(c3ccc(C(=O)NS(=O)(=O)c4ccc(NCC5CCC(C)(O)CC5)c([N+](=O)[O-])c4)c(Oc4cnc5[nH]ccc5c4)c3)CC2)C1. The molecule has 0 radical (unpaired) electrons. The van der Waals surface area contributed by atoms with Crippen LogP contribution in [-0.2, 0) is 16.6 Å². The number of rotatable bonds is 15. The van der Waals surface area contributed by atoms with E-state index < -0.39 is 43.3 Å². The van der Waals surface area contributed by atoms with Gasteiger partial charge in [0.05, 0.1) is 27.2 Å². The van der Waals surface area contributed by atoms with Crippen LogP contribution in [0, 0.1) is 21.4 Å². The largest absolute Gasteiger partial charge is 0.586 e. The average Bonchev–Trinajstić information content (AvgIpc) is 4.02. The summed E-state index contributed by atoms with van der Waals surface area (Å²) in [6.45, 7) is 10.9. The fraction of sp³-hybridized carbons (Fsp3) is 0.439. The van der Waals surface area contributed by atoms with Gasteiger partial charge in [0.15, 0.2) is 11.5 Å². The second-order valence-electron chi connectivity index (χ2n) is 22.3. The number of anilines is 2. The quantitative estimate of drug-likeness (QED) is 0.0558. The molecule has 20 heteroatoms. The van der Waals surface area contributed by atoms with Gasteiger partial charge < -0.3 is 34.5 Å². The van der Waals surface area contributed by atoms with Crippen molar-refractivity contribution < 1.29 is 46.2 Å². The number of carbonyl (C=O) groups is 1. The number of piperazine rings is 1. The summed E-state index contributed by atoms with van der Waals surface area (Å²) in [5, 5.41) is 26.5. The first-order chi connectivity index (χ1) is 36.8. The number of aromatic amines is 1. The summed E-state index contributed by atoms with van der Waals surface area (Å²) in [5.41, 5.74) is 3.74. The highest BCUT2D eigenvalue weighted by atomic mass is 32.2. The molecule has 2 aliphatic carbocycles. The number of nitrogens with zero attached hydrogens (tertiary/aromatic N) is 5. The lowest BCUT2D eigenvalue weighted by atomic mass is 9.59. The number of aromatic nitrogens is 2. The van der Waals surface area contributed by atoms with Gasteiger partial charge in [-0.15, -0.1) is 8.78 Å². The van der Waals surface area contributed by atoms with Gasteiger partial charge in [0, 0.05) is 92.9 Å². The van der Waals surface area contributed by atoms with Crippen molar-refractivity contribution in [3.8, 4) is 23.0 Å². The number of nitro benzene ring substituents is 1. The molecule has 4 aromatic carbocycles. The Morgan fingerprint density at radius 2 is 1.74 bits per heavy atom. The molecule has 4 fully saturated rings. The molecule has 2 saturated carbocycles. The molecule has 1 unspecified atom stereocenters. The zero-order chi connectivity index (χ0) is 53.9. The van der Waals surface area contributed by atoms with Crippen molar-refractivity contribution in [1.82, 2.24) is 24.5 Å². The van der Waals surface area contributed by atoms with Gasteiger partial charge in [-0.3, -0.25) is 24.7 Å². The second kappa shape index (κ2) is 20.5. The Morgan fingerprint density at radius 1 is 0.961 bits per heavy atom. The van der Waals surface area contributed by atoms with E-state index in [9.17, 15) is 37.2 Å². The number of hydrogen-bond donors (Lipinski definition) is 4. The van der Waals surface area contributed by atoms with Crippen LogP contribution >= 0.6 is 0 Å². The van der Waals surface area contributed by atoms with Crippen LogP contribution in [0.4, 0.5) is 25.8 Å². The third-order valence-electron chi connectivity index (χ3n) is 16.7. The molecule has 2 saturated heterocycles. The van der Waals surface area contributed by atoms with E-state index in [1.54, 1.807) is 37.4 Å². The lowest BCUT2D eigenvalue weighted by Crippen LogP contribution is -2.60.